The Bertz CT molecular complexity index is 618. The molecule has 7 nitrogen and oxygen atoms in total. The first-order chi connectivity index (χ1) is 11.0. The van der Waals surface area contributed by atoms with Crippen molar-refractivity contribution >= 4 is 11.9 Å². The van der Waals surface area contributed by atoms with Gasteiger partial charge >= 0.3 is 6.03 Å². The van der Waals surface area contributed by atoms with Gasteiger partial charge in [0, 0.05) is 17.1 Å². The normalized spacial score (nSPS) is 19.6. The number of carbonyl (C=O) groups excluding carboxylic acids is 2. The Kier molecular flexibility index (Phi) is 4.94. The second-order valence-corrected chi connectivity index (χ2v) is 7.88. The molecule has 0 spiro atoms. The molecule has 0 aromatic carbocycles. The molecule has 1 aliphatic heterocycles. The number of piperidine rings is 1. The van der Waals surface area contributed by atoms with Gasteiger partial charge in [0.1, 0.15) is 11.5 Å². The van der Waals surface area contributed by atoms with E-state index in [1.807, 2.05) is 0 Å². The number of urea groups is 1. The average molecular weight is 336 g/mol. The Hall–Kier alpha value is -2.02. The second kappa shape index (κ2) is 6.47. The van der Waals surface area contributed by atoms with E-state index in [1.165, 1.54) is 0 Å². The molecule has 0 saturated carbocycles. The summed E-state index contributed by atoms with van der Waals surface area (Å²) in [6, 6.07) is 1.26. The summed E-state index contributed by atoms with van der Waals surface area (Å²) in [6.45, 7) is 11.9. The molecule has 0 bridgehead atoms. The summed E-state index contributed by atoms with van der Waals surface area (Å²) in [5, 5.41) is 6.49. The predicted octanol–water partition coefficient (Wildman–Crippen LogP) is 2.15. The summed E-state index contributed by atoms with van der Waals surface area (Å²) in [5.74, 6) is 0.779. The minimum Gasteiger partial charge on any atom is -0.466 e. The highest BCUT2D eigenvalue weighted by Gasteiger charge is 2.38. The third-order valence-electron chi connectivity index (χ3n) is 4.10. The predicted molar refractivity (Wildman–Crippen MR) is 91.6 cm³/mol. The molecule has 2 heterocycles. The first kappa shape index (κ1) is 18.3. The van der Waals surface area contributed by atoms with Crippen LogP contribution in [-0.2, 0) is 0 Å². The molecule has 1 aliphatic rings. The Labute approximate surface area is 142 Å². The molecule has 7 heteroatoms. The molecule has 1 aromatic heterocycles. The highest BCUT2D eigenvalue weighted by atomic mass is 16.3. The number of furan rings is 1. The maximum Gasteiger partial charge on any atom is 0.333 e. The lowest BCUT2D eigenvalue weighted by atomic mass is 9.80. The summed E-state index contributed by atoms with van der Waals surface area (Å²) in [6.07, 6.45) is 1.63. The standard InChI is InChI=1S/C17H28N4O3/c1-10-7-13(11(2)24-10)14(22)19-20-15(23)18-12-8-16(3,4)21-17(5,6)9-12/h7,12,21H,8-9H2,1-6H3,(H,19,22)(H2,18,20,23). The maximum absolute atomic E-state index is 12.1. The minimum absolute atomic E-state index is 0.0334. The molecule has 0 atom stereocenters. The minimum atomic E-state index is -0.417. The number of amides is 3. The van der Waals surface area contributed by atoms with Crippen molar-refractivity contribution in [1.82, 2.24) is 21.5 Å². The first-order valence-electron chi connectivity index (χ1n) is 8.21. The Morgan fingerprint density at radius 2 is 1.71 bits per heavy atom. The highest BCUT2D eigenvalue weighted by Crippen LogP contribution is 2.28. The lowest BCUT2D eigenvalue weighted by molar-refractivity contribution is 0.0931. The van der Waals surface area contributed by atoms with Gasteiger partial charge in [-0.2, -0.15) is 0 Å². The van der Waals surface area contributed by atoms with E-state index in [4.69, 9.17) is 4.42 Å². The van der Waals surface area contributed by atoms with Crippen LogP contribution in [0.4, 0.5) is 4.79 Å². The number of aryl methyl sites for hydroxylation is 2. The van der Waals surface area contributed by atoms with Gasteiger partial charge in [0.2, 0.25) is 0 Å². The fraction of sp³-hybridized carbons (Fsp3) is 0.647. The van der Waals surface area contributed by atoms with Gasteiger partial charge in [0.05, 0.1) is 5.56 Å². The molecule has 3 amide bonds. The van der Waals surface area contributed by atoms with Crippen LogP contribution >= 0.6 is 0 Å². The topological polar surface area (TPSA) is 95.4 Å². The van der Waals surface area contributed by atoms with E-state index in [-0.39, 0.29) is 17.1 Å². The Morgan fingerprint density at radius 3 is 2.21 bits per heavy atom. The van der Waals surface area contributed by atoms with E-state index in [1.54, 1.807) is 19.9 Å². The van der Waals surface area contributed by atoms with E-state index in [0.717, 1.165) is 12.8 Å². The van der Waals surface area contributed by atoms with E-state index >= 15 is 0 Å². The van der Waals surface area contributed by atoms with Crippen LogP contribution < -0.4 is 21.5 Å². The number of carbonyl (C=O) groups is 2. The molecule has 2 rings (SSSR count). The van der Waals surface area contributed by atoms with Crippen LogP contribution in [0, 0.1) is 13.8 Å². The molecular weight excluding hydrogens is 308 g/mol. The van der Waals surface area contributed by atoms with Crippen molar-refractivity contribution < 1.29 is 14.0 Å². The number of hydrogen-bond acceptors (Lipinski definition) is 4. The van der Waals surface area contributed by atoms with E-state index in [0.29, 0.717) is 17.1 Å². The van der Waals surface area contributed by atoms with Gasteiger partial charge < -0.3 is 15.1 Å². The fourth-order valence-electron chi connectivity index (χ4n) is 3.68. The van der Waals surface area contributed by atoms with Gasteiger partial charge in [0.25, 0.3) is 5.91 Å². The zero-order valence-corrected chi connectivity index (χ0v) is 15.3. The fourth-order valence-corrected chi connectivity index (χ4v) is 3.68. The molecule has 0 radical (unpaired) electrons. The largest absolute Gasteiger partial charge is 0.466 e. The molecule has 0 unspecified atom stereocenters. The second-order valence-electron chi connectivity index (χ2n) is 7.88. The van der Waals surface area contributed by atoms with Gasteiger partial charge in [-0.25, -0.2) is 10.2 Å². The zero-order chi connectivity index (χ0) is 18.1. The van der Waals surface area contributed by atoms with Gasteiger partial charge in [-0.3, -0.25) is 10.2 Å². The lowest BCUT2D eigenvalue weighted by Crippen LogP contribution is -2.63. The molecule has 1 saturated heterocycles. The summed E-state index contributed by atoms with van der Waals surface area (Å²) in [4.78, 5) is 24.1. The average Bonchev–Trinajstić information content (AvgIpc) is 2.71. The Morgan fingerprint density at radius 1 is 1.12 bits per heavy atom. The number of hydrogen-bond donors (Lipinski definition) is 4. The number of hydrazine groups is 1. The molecule has 0 aliphatic carbocycles. The molecule has 1 aromatic rings. The summed E-state index contributed by atoms with van der Waals surface area (Å²) >= 11 is 0. The van der Waals surface area contributed by atoms with Crippen LogP contribution in [0.5, 0.6) is 0 Å². The van der Waals surface area contributed by atoms with E-state index in [9.17, 15) is 9.59 Å². The van der Waals surface area contributed by atoms with Gasteiger partial charge in [-0.1, -0.05) is 0 Å². The van der Waals surface area contributed by atoms with E-state index < -0.39 is 11.9 Å². The zero-order valence-electron chi connectivity index (χ0n) is 15.3. The van der Waals surface area contributed by atoms with Crippen LogP contribution in [0.15, 0.2) is 10.5 Å². The van der Waals surface area contributed by atoms with Crippen molar-refractivity contribution in [3.05, 3.63) is 23.2 Å². The number of nitrogens with one attached hydrogen (secondary N) is 4. The molecule has 1 fully saturated rings. The third-order valence-corrected chi connectivity index (χ3v) is 4.10. The van der Waals surface area contributed by atoms with E-state index in [2.05, 4.69) is 49.2 Å². The quantitative estimate of drug-likeness (QED) is 0.622. The maximum atomic E-state index is 12.1. The molecule has 134 valence electrons. The van der Waals surface area contributed by atoms with Crippen molar-refractivity contribution in [2.24, 2.45) is 0 Å². The summed E-state index contributed by atoms with van der Waals surface area (Å²) in [7, 11) is 0. The SMILES string of the molecule is Cc1cc(C(=O)NNC(=O)NC2CC(C)(C)NC(C)(C)C2)c(C)o1. The van der Waals surface area contributed by atoms with Crippen molar-refractivity contribution in [3.8, 4) is 0 Å². The Balaban J connectivity index is 1.87. The molecule has 24 heavy (non-hydrogen) atoms. The van der Waals surface area contributed by atoms with Crippen LogP contribution in [0.25, 0.3) is 0 Å². The highest BCUT2D eigenvalue weighted by molar-refractivity contribution is 5.96. The van der Waals surface area contributed by atoms with Crippen molar-refractivity contribution in [3.63, 3.8) is 0 Å². The smallest absolute Gasteiger partial charge is 0.333 e. The van der Waals surface area contributed by atoms with Gasteiger partial charge in [0.15, 0.2) is 0 Å². The van der Waals surface area contributed by atoms with Crippen molar-refractivity contribution in [1.29, 1.82) is 0 Å². The van der Waals surface area contributed by atoms with Crippen molar-refractivity contribution in [2.45, 2.75) is 71.5 Å². The number of rotatable bonds is 2. The summed E-state index contributed by atoms with van der Waals surface area (Å²) < 4.78 is 5.31. The van der Waals surface area contributed by atoms with Gasteiger partial charge in [-0.05, 0) is 60.5 Å². The third kappa shape index (κ3) is 4.74. The molecule has 4 N–H and O–H groups in total. The van der Waals surface area contributed by atoms with Crippen LogP contribution in [0.1, 0.15) is 62.4 Å². The van der Waals surface area contributed by atoms with Gasteiger partial charge in [-0.15, -0.1) is 0 Å². The first-order valence-corrected chi connectivity index (χ1v) is 8.21. The summed E-state index contributed by atoms with van der Waals surface area (Å²) in [5.41, 5.74) is 5.11. The van der Waals surface area contributed by atoms with Crippen molar-refractivity contribution in [2.75, 3.05) is 0 Å². The molecular formula is C17H28N4O3. The lowest BCUT2D eigenvalue weighted by Gasteiger charge is -2.46. The van der Waals surface area contributed by atoms with Crippen LogP contribution in [0.3, 0.4) is 0 Å². The van der Waals surface area contributed by atoms with Crippen LogP contribution in [-0.4, -0.2) is 29.1 Å². The monoisotopic (exact) mass is 336 g/mol. The van der Waals surface area contributed by atoms with Crippen LogP contribution in [0.2, 0.25) is 0 Å².